The zero-order valence-corrected chi connectivity index (χ0v) is 15.0. The highest BCUT2D eigenvalue weighted by Crippen LogP contribution is 2.26. The van der Waals surface area contributed by atoms with E-state index >= 15 is 0 Å². The van der Waals surface area contributed by atoms with Gasteiger partial charge in [0.05, 0.1) is 23.4 Å². The van der Waals surface area contributed by atoms with E-state index < -0.39 is 11.7 Å². The third-order valence-corrected chi connectivity index (χ3v) is 4.34. The Morgan fingerprint density at radius 2 is 2.00 bits per heavy atom. The molecule has 3 rings (SSSR count). The van der Waals surface area contributed by atoms with E-state index in [9.17, 15) is 9.59 Å². The van der Waals surface area contributed by atoms with Crippen molar-refractivity contribution in [3.05, 3.63) is 52.1 Å². The first-order valence-electron chi connectivity index (χ1n) is 7.73. The highest BCUT2D eigenvalue weighted by atomic mass is 32.1. The van der Waals surface area contributed by atoms with Crippen molar-refractivity contribution in [1.82, 2.24) is 9.55 Å². The summed E-state index contributed by atoms with van der Waals surface area (Å²) in [6.45, 7) is 5.14. The number of hydrogen-bond donors (Lipinski definition) is 1. The molecule has 0 amide bonds. The van der Waals surface area contributed by atoms with E-state index in [1.54, 1.807) is 50.4 Å². The van der Waals surface area contributed by atoms with E-state index in [-0.39, 0.29) is 17.4 Å². The Balaban J connectivity index is 2.07. The van der Waals surface area contributed by atoms with Crippen molar-refractivity contribution >= 4 is 34.1 Å². The van der Waals surface area contributed by atoms with Gasteiger partial charge in [-0.1, -0.05) is 18.2 Å². The van der Waals surface area contributed by atoms with E-state index in [1.807, 2.05) is 0 Å². The molecule has 2 heterocycles. The number of aliphatic hydroxyl groups is 1. The van der Waals surface area contributed by atoms with Crippen molar-refractivity contribution in [3.63, 3.8) is 0 Å². The minimum Gasteiger partial charge on any atom is -0.443 e. The number of ether oxygens (including phenoxy) is 1. The third kappa shape index (κ3) is 3.47. The number of carbonyl (C=O) groups excluding carboxylic acids is 2. The summed E-state index contributed by atoms with van der Waals surface area (Å²) in [5.41, 5.74) is 0.779. The molecule has 2 aromatic heterocycles. The van der Waals surface area contributed by atoms with Crippen LogP contribution in [0.15, 0.2) is 35.8 Å². The van der Waals surface area contributed by atoms with Crippen LogP contribution in [0.5, 0.6) is 0 Å². The maximum Gasteiger partial charge on any atom is 0.419 e. The number of rotatable bonds is 3. The van der Waals surface area contributed by atoms with Gasteiger partial charge in [0.15, 0.2) is 5.01 Å². The maximum atomic E-state index is 12.8. The fourth-order valence-corrected chi connectivity index (χ4v) is 3.18. The van der Waals surface area contributed by atoms with Gasteiger partial charge in [0.25, 0.3) is 0 Å². The Hall–Kier alpha value is -2.51. The Labute approximate surface area is 148 Å². The third-order valence-electron chi connectivity index (χ3n) is 3.45. The molecular weight excluding hydrogens is 340 g/mol. The summed E-state index contributed by atoms with van der Waals surface area (Å²) in [7, 11) is 0. The molecule has 0 fully saturated rings. The number of nitrogens with zero attached hydrogens (tertiary/aromatic N) is 2. The molecular formula is C18H18N2O4S. The molecule has 0 saturated carbocycles. The predicted molar refractivity (Wildman–Crippen MR) is 95.0 cm³/mol. The standard InChI is InChI=1S/C18H18N2O4S/c1-18(2,3)24-17(23)20-8-13(12-6-4-5-7-14(12)20)15(22)16-19-11(9-21)10-25-16/h4-8,10,21H,9H2,1-3H3. The van der Waals surface area contributed by atoms with E-state index in [0.717, 1.165) is 0 Å². The fourth-order valence-electron chi connectivity index (χ4n) is 2.42. The number of hydrogen-bond acceptors (Lipinski definition) is 6. The number of fused-ring (bicyclic) bond motifs is 1. The van der Waals surface area contributed by atoms with Gasteiger partial charge >= 0.3 is 6.09 Å². The molecule has 0 atom stereocenters. The highest BCUT2D eigenvalue weighted by Gasteiger charge is 2.24. The summed E-state index contributed by atoms with van der Waals surface area (Å²) in [6.07, 6.45) is 0.944. The predicted octanol–water partition coefficient (Wildman–Crippen LogP) is 3.60. The summed E-state index contributed by atoms with van der Waals surface area (Å²) in [5.74, 6) is -0.289. The molecule has 7 heteroatoms. The lowest BCUT2D eigenvalue weighted by Gasteiger charge is -2.19. The van der Waals surface area contributed by atoms with Gasteiger partial charge in [0.1, 0.15) is 5.60 Å². The van der Waals surface area contributed by atoms with Crippen molar-refractivity contribution in [3.8, 4) is 0 Å². The van der Waals surface area contributed by atoms with Gasteiger partial charge in [-0.3, -0.25) is 9.36 Å². The van der Waals surface area contributed by atoms with Gasteiger partial charge in [-0.15, -0.1) is 11.3 Å². The number of ketones is 1. The number of aliphatic hydroxyl groups excluding tert-OH is 1. The van der Waals surface area contributed by atoms with E-state index in [1.165, 1.54) is 22.1 Å². The number of thiazole rings is 1. The largest absolute Gasteiger partial charge is 0.443 e. The molecule has 0 unspecified atom stereocenters. The molecule has 6 nitrogen and oxygen atoms in total. The fraction of sp³-hybridized carbons (Fsp3) is 0.278. The monoisotopic (exact) mass is 358 g/mol. The first-order valence-corrected chi connectivity index (χ1v) is 8.61. The molecule has 1 N–H and O–H groups in total. The normalized spacial score (nSPS) is 11.7. The Kier molecular flexibility index (Phi) is 4.45. The van der Waals surface area contributed by atoms with Gasteiger partial charge < -0.3 is 9.84 Å². The molecule has 130 valence electrons. The van der Waals surface area contributed by atoms with E-state index in [0.29, 0.717) is 22.2 Å². The second kappa shape index (κ2) is 6.42. The molecule has 25 heavy (non-hydrogen) atoms. The van der Waals surface area contributed by atoms with Crippen LogP contribution in [0.3, 0.4) is 0 Å². The Bertz CT molecular complexity index is 950. The van der Waals surface area contributed by atoms with E-state index in [4.69, 9.17) is 9.84 Å². The molecule has 0 radical (unpaired) electrons. The van der Waals surface area contributed by atoms with Gasteiger partial charge in [-0.05, 0) is 26.8 Å². The molecule has 0 aliphatic rings. The van der Waals surface area contributed by atoms with Gasteiger partial charge in [0, 0.05) is 17.0 Å². The van der Waals surface area contributed by atoms with Gasteiger partial charge in [-0.25, -0.2) is 9.78 Å². The summed E-state index contributed by atoms with van der Waals surface area (Å²) in [6, 6.07) is 7.14. The van der Waals surface area contributed by atoms with Crippen LogP contribution in [0.2, 0.25) is 0 Å². The average Bonchev–Trinajstić information content (AvgIpc) is 3.17. The van der Waals surface area contributed by atoms with Crippen LogP contribution < -0.4 is 0 Å². The summed E-state index contributed by atoms with van der Waals surface area (Å²) in [5, 5.41) is 11.7. The van der Waals surface area contributed by atoms with Crippen molar-refractivity contribution in [2.24, 2.45) is 0 Å². The zero-order valence-electron chi connectivity index (χ0n) is 14.1. The lowest BCUT2D eigenvalue weighted by molar-refractivity contribution is 0.0544. The van der Waals surface area contributed by atoms with Crippen LogP contribution in [0, 0.1) is 0 Å². The number of para-hydroxylation sites is 1. The van der Waals surface area contributed by atoms with Gasteiger partial charge in [0.2, 0.25) is 5.78 Å². The second-order valence-electron chi connectivity index (χ2n) is 6.54. The zero-order chi connectivity index (χ0) is 18.2. The van der Waals surface area contributed by atoms with Crippen LogP contribution in [0.25, 0.3) is 10.9 Å². The number of carbonyl (C=O) groups is 2. The first-order chi connectivity index (χ1) is 11.8. The van der Waals surface area contributed by atoms with Crippen LogP contribution in [-0.4, -0.2) is 32.1 Å². The lowest BCUT2D eigenvalue weighted by atomic mass is 10.1. The minimum atomic E-state index is -0.641. The molecule has 3 aromatic rings. The molecule has 0 bridgehead atoms. The molecule has 0 saturated heterocycles. The Morgan fingerprint density at radius 1 is 1.28 bits per heavy atom. The summed E-state index contributed by atoms with van der Waals surface area (Å²) in [4.78, 5) is 29.4. The number of benzene rings is 1. The quantitative estimate of drug-likeness (QED) is 0.724. The first kappa shape index (κ1) is 17.3. The highest BCUT2D eigenvalue weighted by molar-refractivity contribution is 7.12. The average molecular weight is 358 g/mol. The minimum absolute atomic E-state index is 0.219. The van der Waals surface area contributed by atoms with Crippen LogP contribution >= 0.6 is 11.3 Å². The van der Waals surface area contributed by atoms with Crippen LogP contribution in [0.4, 0.5) is 4.79 Å². The summed E-state index contributed by atoms with van der Waals surface area (Å²) >= 11 is 1.17. The van der Waals surface area contributed by atoms with Crippen LogP contribution in [0.1, 0.15) is 41.8 Å². The molecule has 0 spiro atoms. The van der Waals surface area contributed by atoms with Gasteiger partial charge in [-0.2, -0.15) is 0 Å². The second-order valence-corrected chi connectivity index (χ2v) is 7.40. The summed E-state index contributed by atoms with van der Waals surface area (Å²) < 4.78 is 6.76. The van der Waals surface area contributed by atoms with E-state index in [2.05, 4.69) is 4.98 Å². The SMILES string of the molecule is CC(C)(C)OC(=O)n1cc(C(=O)c2nc(CO)cs2)c2ccccc21. The Morgan fingerprint density at radius 3 is 2.64 bits per heavy atom. The topological polar surface area (TPSA) is 81.4 Å². The van der Waals surface area contributed by atoms with Crippen LogP contribution in [-0.2, 0) is 11.3 Å². The molecule has 0 aliphatic heterocycles. The molecule has 1 aromatic carbocycles. The number of aromatic nitrogens is 2. The van der Waals surface area contributed by atoms with Crippen molar-refractivity contribution in [1.29, 1.82) is 0 Å². The molecule has 0 aliphatic carbocycles. The van der Waals surface area contributed by atoms with Crippen molar-refractivity contribution in [2.45, 2.75) is 33.0 Å². The van der Waals surface area contributed by atoms with Crippen molar-refractivity contribution < 1.29 is 19.4 Å². The lowest BCUT2D eigenvalue weighted by Crippen LogP contribution is -2.26. The van der Waals surface area contributed by atoms with Crippen molar-refractivity contribution in [2.75, 3.05) is 0 Å². The smallest absolute Gasteiger partial charge is 0.419 e. The maximum absolute atomic E-state index is 12.8.